The smallest absolute Gasteiger partial charge is 0.0233 e. The van der Waals surface area contributed by atoms with Gasteiger partial charge in [0, 0.05) is 13.1 Å². The molecule has 0 fully saturated rings. The average Bonchev–Trinajstić information content (AvgIpc) is 2.69. The van der Waals surface area contributed by atoms with E-state index in [1.165, 1.54) is 48.2 Å². The fraction of sp³-hybridized carbons (Fsp3) is 0.385. The monoisotopic (exact) mass is 378 g/mol. The molecule has 0 N–H and O–H groups in total. The van der Waals surface area contributed by atoms with E-state index >= 15 is 0 Å². The van der Waals surface area contributed by atoms with E-state index in [1.54, 1.807) is 0 Å². The summed E-state index contributed by atoms with van der Waals surface area (Å²) in [5.74, 6) is 0. The van der Waals surface area contributed by atoms with Gasteiger partial charge in [0.1, 0.15) is 0 Å². The van der Waals surface area contributed by atoms with Gasteiger partial charge in [-0.2, -0.15) is 0 Å². The summed E-state index contributed by atoms with van der Waals surface area (Å²) < 4.78 is 0. The predicted molar refractivity (Wildman–Crippen MR) is 126 cm³/mol. The van der Waals surface area contributed by atoms with Gasteiger partial charge in [-0.3, -0.25) is 4.90 Å². The van der Waals surface area contributed by atoms with Crippen LogP contribution in [0.4, 0.5) is 0 Å². The summed E-state index contributed by atoms with van der Waals surface area (Å²) in [4.78, 5) is 4.67. The van der Waals surface area contributed by atoms with Gasteiger partial charge in [0.05, 0.1) is 0 Å². The van der Waals surface area contributed by atoms with Gasteiger partial charge in [-0.1, -0.05) is 87.7 Å². The Morgan fingerprint density at radius 3 is 1.61 bits per heavy atom. The molecule has 0 spiro atoms. The first kappa shape index (κ1) is 23.9. The molecule has 0 heterocycles. The highest BCUT2D eigenvalue weighted by atomic mass is 15.1. The molecule has 2 nitrogen and oxygen atoms in total. The molecule has 2 heteroatoms. The van der Waals surface area contributed by atoms with Gasteiger partial charge in [0.25, 0.3) is 0 Å². The van der Waals surface area contributed by atoms with E-state index in [2.05, 4.69) is 99.4 Å². The van der Waals surface area contributed by atoms with Gasteiger partial charge in [-0.15, -0.1) is 0 Å². The Hall–Kier alpha value is -2.16. The molecule has 0 atom stereocenters. The van der Waals surface area contributed by atoms with Gasteiger partial charge in [-0.05, 0) is 62.3 Å². The van der Waals surface area contributed by atoms with Crippen molar-refractivity contribution in [2.45, 2.75) is 39.8 Å². The highest BCUT2D eigenvalue weighted by Gasteiger charge is 2.03. The lowest BCUT2D eigenvalue weighted by Gasteiger charge is -2.21. The van der Waals surface area contributed by atoms with E-state index in [9.17, 15) is 0 Å². The summed E-state index contributed by atoms with van der Waals surface area (Å²) >= 11 is 0. The summed E-state index contributed by atoms with van der Waals surface area (Å²) in [6.45, 7) is 16.4. The third kappa shape index (κ3) is 9.68. The van der Waals surface area contributed by atoms with Crippen molar-refractivity contribution < 1.29 is 0 Å². The first-order valence-corrected chi connectivity index (χ1v) is 10.3. The van der Waals surface area contributed by atoms with Gasteiger partial charge in [-0.25, -0.2) is 0 Å². The quantitative estimate of drug-likeness (QED) is 0.476. The molecule has 0 saturated heterocycles. The van der Waals surface area contributed by atoms with Crippen LogP contribution in [0.25, 0.3) is 12.2 Å². The summed E-state index contributed by atoms with van der Waals surface area (Å²) in [6, 6.07) is 17.1. The second-order valence-corrected chi connectivity index (χ2v) is 7.41. The zero-order chi connectivity index (χ0) is 20.8. The summed E-state index contributed by atoms with van der Waals surface area (Å²) in [6.07, 6.45) is 6.23. The minimum absolute atomic E-state index is 0.988. The van der Waals surface area contributed by atoms with Crippen LogP contribution in [0.15, 0.2) is 61.7 Å². The lowest BCUT2D eigenvalue weighted by atomic mass is 10.1. The Morgan fingerprint density at radius 2 is 1.21 bits per heavy atom. The van der Waals surface area contributed by atoms with Gasteiger partial charge in [0.15, 0.2) is 0 Å². The van der Waals surface area contributed by atoms with E-state index in [0.717, 1.165) is 13.1 Å². The molecule has 0 unspecified atom stereocenters. The highest BCUT2D eigenvalue weighted by molar-refractivity contribution is 5.48. The Kier molecular flexibility index (Phi) is 11.9. The molecule has 0 aromatic heterocycles. The predicted octanol–water partition coefficient (Wildman–Crippen LogP) is 6.34. The zero-order valence-corrected chi connectivity index (χ0v) is 18.3. The first-order chi connectivity index (χ1) is 13.5. The normalized spacial score (nSPS) is 10.5. The molecule has 2 aromatic rings. The summed E-state index contributed by atoms with van der Waals surface area (Å²) in [5.41, 5.74) is 5.12. The summed E-state index contributed by atoms with van der Waals surface area (Å²) in [5, 5.41) is 0. The Balaban J connectivity index is 0.000000292. The maximum atomic E-state index is 3.81. The van der Waals surface area contributed by atoms with E-state index in [0.29, 0.717) is 0 Å². The molecule has 0 amide bonds. The molecule has 28 heavy (non-hydrogen) atoms. The van der Waals surface area contributed by atoms with Crippen molar-refractivity contribution in [3.63, 3.8) is 0 Å². The van der Waals surface area contributed by atoms with Crippen LogP contribution in [0.2, 0.25) is 0 Å². The fourth-order valence-corrected chi connectivity index (χ4v) is 3.16. The van der Waals surface area contributed by atoms with Gasteiger partial charge in [0.2, 0.25) is 0 Å². The standard InChI is InChI=1S/C15H23N.C11H15N/c1-4-10-16(11-5-2)13-15-9-7-8-14(6-3)12-15;1-4-10-6-5-7-11(8-10)9-12(2)3/h6-9,12H,3-5,10-11,13H2,1-2H3;4-8H,1,9H2,2-3H3. The van der Waals surface area contributed by atoms with E-state index in [1.807, 2.05) is 12.2 Å². The number of hydrogen-bond donors (Lipinski definition) is 0. The van der Waals surface area contributed by atoms with Crippen LogP contribution in [-0.4, -0.2) is 37.0 Å². The molecule has 0 saturated carbocycles. The van der Waals surface area contributed by atoms with Crippen molar-refractivity contribution in [1.82, 2.24) is 9.80 Å². The minimum atomic E-state index is 0.988. The Labute approximate surface area is 173 Å². The maximum Gasteiger partial charge on any atom is 0.0233 e. The Bertz CT molecular complexity index is 697. The largest absolute Gasteiger partial charge is 0.305 e. The third-order valence-corrected chi connectivity index (χ3v) is 4.36. The molecule has 2 aromatic carbocycles. The second kappa shape index (κ2) is 13.9. The van der Waals surface area contributed by atoms with Crippen molar-refractivity contribution in [3.8, 4) is 0 Å². The molecule has 152 valence electrons. The summed E-state index contributed by atoms with van der Waals surface area (Å²) in [7, 11) is 4.14. The van der Waals surface area contributed by atoms with Crippen LogP contribution >= 0.6 is 0 Å². The second-order valence-electron chi connectivity index (χ2n) is 7.41. The number of nitrogens with zero attached hydrogens (tertiary/aromatic N) is 2. The van der Waals surface area contributed by atoms with E-state index < -0.39 is 0 Å². The number of rotatable bonds is 10. The molecular weight excluding hydrogens is 340 g/mol. The lowest BCUT2D eigenvalue weighted by Crippen LogP contribution is -2.24. The van der Waals surface area contributed by atoms with Crippen LogP contribution < -0.4 is 0 Å². The van der Waals surface area contributed by atoms with Crippen molar-refractivity contribution in [2.75, 3.05) is 27.2 Å². The topological polar surface area (TPSA) is 6.48 Å². The maximum absolute atomic E-state index is 3.81. The highest BCUT2D eigenvalue weighted by Crippen LogP contribution is 2.10. The van der Waals surface area contributed by atoms with Crippen LogP contribution in [0.1, 0.15) is 48.9 Å². The third-order valence-electron chi connectivity index (χ3n) is 4.36. The molecule has 0 radical (unpaired) electrons. The van der Waals surface area contributed by atoms with Crippen LogP contribution in [-0.2, 0) is 13.1 Å². The van der Waals surface area contributed by atoms with E-state index in [-0.39, 0.29) is 0 Å². The molecular formula is C26H38N2. The van der Waals surface area contributed by atoms with Crippen molar-refractivity contribution >= 4 is 12.2 Å². The van der Waals surface area contributed by atoms with Crippen LogP contribution in [0.3, 0.4) is 0 Å². The van der Waals surface area contributed by atoms with Gasteiger partial charge >= 0.3 is 0 Å². The van der Waals surface area contributed by atoms with Crippen LogP contribution in [0.5, 0.6) is 0 Å². The lowest BCUT2D eigenvalue weighted by molar-refractivity contribution is 0.266. The van der Waals surface area contributed by atoms with E-state index in [4.69, 9.17) is 0 Å². The zero-order valence-electron chi connectivity index (χ0n) is 18.3. The number of benzene rings is 2. The van der Waals surface area contributed by atoms with Gasteiger partial charge < -0.3 is 4.90 Å². The first-order valence-electron chi connectivity index (χ1n) is 10.3. The fourth-order valence-electron chi connectivity index (χ4n) is 3.16. The molecule has 2 rings (SSSR count). The van der Waals surface area contributed by atoms with Crippen LogP contribution in [0, 0.1) is 0 Å². The SMILES string of the molecule is C=Cc1cccc(CN(C)C)c1.C=Cc1cccc(CN(CCC)CCC)c1. The minimum Gasteiger partial charge on any atom is -0.305 e. The molecule has 0 aliphatic heterocycles. The number of hydrogen-bond acceptors (Lipinski definition) is 2. The molecule has 0 bridgehead atoms. The van der Waals surface area contributed by atoms with Crippen molar-refractivity contribution in [1.29, 1.82) is 0 Å². The molecule has 0 aliphatic carbocycles. The van der Waals surface area contributed by atoms with Crippen molar-refractivity contribution in [3.05, 3.63) is 83.9 Å². The Morgan fingerprint density at radius 1 is 0.750 bits per heavy atom. The molecule has 0 aliphatic rings. The van der Waals surface area contributed by atoms with Crippen molar-refractivity contribution in [2.24, 2.45) is 0 Å². The average molecular weight is 379 g/mol.